The Balaban J connectivity index is 1.39. The molecule has 0 bridgehead atoms. The lowest BCUT2D eigenvalue weighted by atomic mass is 9.86. The van der Waals surface area contributed by atoms with Crippen molar-refractivity contribution in [1.29, 1.82) is 5.41 Å². The van der Waals surface area contributed by atoms with E-state index < -0.39 is 5.91 Å². The van der Waals surface area contributed by atoms with Crippen molar-refractivity contribution in [2.75, 3.05) is 0 Å². The first kappa shape index (κ1) is 23.1. The van der Waals surface area contributed by atoms with E-state index in [1.807, 2.05) is 44.2 Å². The number of fused-ring (bicyclic) bond motifs is 1. The molecular weight excluding hydrogens is 466 g/mol. The maximum atomic E-state index is 12.9. The Hall–Kier alpha value is -2.64. The summed E-state index contributed by atoms with van der Waals surface area (Å²) < 4.78 is 2.06. The van der Waals surface area contributed by atoms with Crippen LogP contribution in [-0.4, -0.2) is 31.5 Å². The van der Waals surface area contributed by atoms with E-state index in [0.717, 1.165) is 46.4 Å². The first-order valence-corrected chi connectivity index (χ1v) is 13.0. The monoisotopic (exact) mass is 493 g/mol. The number of para-hydroxylation sites is 1. The average Bonchev–Trinajstić information content (AvgIpc) is 3.36. The number of amidine groups is 2. The molecule has 1 aromatic carbocycles. The van der Waals surface area contributed by atoms with Gasteiger partial charge in [0.1, 0.15) is 5.04 Å². The highest BCUT2D eigenvalue weighted by atomic mass is 35.5. The van der Waals surface area contributed by atoms with Crippen molar-refractivity contribution < 1.29 is 4.79 Å². The zero-order chi connectivity index (χ0) is 23.8. The standard InChI is InChI=1S/C26H28ClN5OS/c1-16-14-19(17(2)31(16)22-11-7-6-10-21(22)27)15-20-24(28)32-26(29-25(20)33)34-23(30-32)13-12-18-8-4-3-5-9-18/h6-7,10-11,14-15,18,28H,3-5,8-9,12-13H2,1-2H3/b20-15-,28-24?. The number of amides is 1. The lowest BCUT2D eigenvalue weighted by molar-refractivity contribution is -0.114. The number of hydrazone groups is 1. The molecule has 0 spiro atoms. The first-order valence-electron chi connectivity index (χ1n) is 11.9. The summed E-state index contributed by atoms with van der Waals surface area (Å²) in [5.74, 6) is 0.453. The van der Waals surface area contributed by atoms with Gasteiger partial charge < -0.3 is 4.57 Å². The molecule has 0 atom stereocenters. The van der Waals surface area contributed by atoms with Gasteiger partial charge in [-0.05, 0) is 74.2 Å². The number of nitrogens with one attached hydrogen (secondary N) is 1. The quantitative estimate of drug-likeness (QED) is 0.469. The highest BCUT2D eigenvalue weighted by molar-refractivity contribution is 8.26. The van der Waals surface area contributed by atoms with Crippen LogP contribution in [0.4, 0.5) is 0 Å². The van der Waals surface area contributed by atoms with Gasteiger partial charge in [0.05, 0.1) is 16.3 Å². The van der Waals surface area contributed by atoms with Gasteiger partial charge in [-0.15, -0.1) is 0 Å². The summed E-state index contributed by atoms with van der Waals surface area (Å²) in [6.45, 7) is 3.99. The predicted octanol–water partition coefficient (Wildman–Crippen LogP) is 6.73. The fraction of sp³-hybridized carbons (Fsp3) is 0.385. The number of aromatic nitrogens is 1. The van der Waals surface area contributed by atoms with Gasteiger partial charge in [-0.1, -0.05) is 55.8 Å². The number of hydrogen-bond acceptors (Lipinski definition) is 4. The number of nitrogens with zero attached hydrogens (tertiary/aromatic N) is 4. The minimum absolute atomic E-state index is 0.0812. The highest BCUT2D eigenvalue weighted by Crippen LogP contribution is 2.34. The van der Waals surface area contributed by atoms with E-state index >= 15 is 0 Å². The van der Waals surface area contributed by atoms with E-state index in [1.165, 1.54) is 48.9 Å². The zero-order valence-corrected chi connectivity index (χ0v) is 21.0. The molecule has 0 saturated heterocycles. The number of carbonyl (C=O) groups excluding carboxylic acids is 1. The number of hydrogen-bond donors (Lipinski definition) is 1. The van der Waals surface area contributed by atoms with E-state index in [9.17, 15) is 4.79 Å². The molecule has 1 saturated carbocycles. The second kappa shape index (κ2) is 9.55. The van der Waals surface area contributed by atoms with Crippen LogP contribution in [0, 0.1) is 25.2 Å². The van der Waals surface area contributed by atoms with Crippen LogP contribution in [0.3, 0.4) is 0 Å². The molecule has 2 aromatic rings. The first-order chi connectivity index (χ1) is 16.4. The van der Waals surface area contributed by atoms with Crippen LogP contribution < -0.4 is 0 Å². The van der Waals surface area contributed by atoms with Gasteiger partial charge >= 0.3 is 0 Å². The summed E-state index contributed by atoms with van der Waals surface area (Å²) in [7, 11) is 0. The Morgan fingerprint density at radius 3 is 2.74 bits per heavy atom. The summed E-state index contributed by atoms with van der Waals surface area (Å²) in [6.07, 6.45) is 10.4. The smallest absolute Gasteiger partial charge is 0.283 e. The van der Waals surface area contributed by atoms with E-state index in [1.54, 1.807) is 6.08 Å². The Bertz CT molecular complexity index is 1250. The van der Waals surface area contributed by atoms with E-state index in [0.29, 0.717) is 10.2 Å². The number of benzene rings is 1. The maximum absolute atomic E-state index is 12.9. The predicted molar refractivity (Wildman–Crippen MR) is 141 cm³/mol. The van der Waals surface area contributed by atoms with Crippen LogP contribution in [-0.2, 0) is 4.79 Å². The lowest BCUT2D eigenvalue weighted by Gasteiger charge is -2.20. The third-order valence-electron chi connectivity index (χ3n) is 6.85. The molecule has 1 fully saturated rings. The van der Waals surface area contributed by atoms with Crippen LogP contribution in [0.1, 0.15) is 61.9 Å². The van der Waals surface area contributed by atoms with Crippen LogP contribution in [0.2, 0.25) is 5.02 Å². The number of halogens is 1. The molecular formula is C26H28ClN5OS. The molecule has 176 valence electrons. The molecule has 2 aliphatic heterocycles. The Kier molecular flexibility index (Phi) is 6.49. The molecule has 1 aliphatic carbocycles. The SMILES string of the molecule is Cc1cc(/C=C2/C(=N)N3N=C(CCC4CCCCC4)SC3=NC2=O)c(C)n1-c1ccccc1Cl. The number of aliphatic imine (C=N–C) groups is 1. The van der Waals surface area contributed by atoms with Gasteiger partial charge in [-0.3, -0.25) is 10.2 Å². The van der Waals surface area contributed by atoms with Crippen molar-refractivity contribution in [2.45, 2.75) is 58.8 Å². The minimum Gasteiger partial charge on any atom is -0.316 e. The van der Waals surface area contributed by atoms with Crippen LogP contribution >= 0.6 is 23.4 Å². The Morgan fingerprint density at radius 2 is 1.97 bits per heavy atom. The number of carbonyl (C=O) groups is 1. The second-order valence-electron chi connectivity index (χ2n) is 9.17. The summed E-state index contributed by atoms with van der Waals surface area (Å²) in [5, 5.41) is 17.0. The normalized spacial score (nSPS) is 20.1. The van der Waals surface area contributed by atoms with Crippen molar-refractivity contribution in [3.8, 4) is 5.69 Å². The third-order valence-corrected chi connectivity index (χ3v) is 8.14. The molecule has 1 N–H and O–H groups in total. The molecule has 3 aliphatic rings. The summed E-state index contributed by atoms with van der Waals surface area (Å²) in [4.78, 5) is 17.1. The van der Waals surface area contributed by atoms with Gasteiger partial charge in [0.2, 0.25) is 5.17 Å². The average molecular weight is 494 g/mol. The number of rotatable bonds is 5. The lowest BCUT2D eigenvalue weighted by Crippen LogP contribution is -2.35. The molecule has 0 unspecified atom stereocenters. The van der Waals surface area contributed by atoms with Crippen LogP contribution in [0.25, 0.3) is 11.8 Å². The van der Waals surface area contributed by atoms with Crippen molar-refractivity contribution in [2.24, 2.45) is 16.0 Å². The van der Waals surface area contributed by atoms with Gasteiger partial charge in [-0.25, -0.2) is 0 Å². The number of aryl methyl sites for hydroxylation is 1. The van der Waals surface area contributed by atoms with E-state index in [4.69, 9.17) is 17.0 Å². The molecule has 8 heteroatoms. The third kappa shape index (κ3) is 4.39. The highest BCUT2D eigenvalue weighted by Gasteiger charge is 2.36. The molecule has 1 aromatic heterocycles. The summed E-state index contributed by atoms with van der Waals surface area (Å²) in [6, 6.07) is 9.68. The van der Waals surface area contributed by atoms with Crippen molar-refractivity contribution in [3.63, 3.8) is 0 Å². The molecule has 34 heavy (non-hydrogen) atoms. The van der Waals surface area contributed by atoms with Gasteiger partial charge in [0.25, 0.3) is 5.91 Å². The van der Waals surface area contributed by atoms with Crippen molar-refractivity contribution in [1.82, 2.24) is 9.58 Å². The molecule has 1 amide bonds. The minimum atomic E-state index is -0.393. The second-order valence-corrected chi connectivity index (χ2v) is 10.6. The zero-order valence-electron chi connectivity index (χ0n) is 19.5. The largest absolute Gasteiger partial charge is 0.316 e. The fourth-order valence-corrected chi connectivity index (χ4v) is 6.15. The summed E-state index contributed by atoms with van der Waals surface area (Å²) in [5.41, 5.74) is 3.94. The Morgan fingerprint density at radius 1 is 1.21 bits per heavy atom. The van der Waals surface area contributed by atoms with Crippen molar-refractivity contribution >= 4 is 51.4 Å². The van der Waals surface area contributed by atoms with Crippen molar-refractivity contribution in [3.05, 3.63) is 57.9 Å². The maximum Gasteiger partial charge on any atom is 0.283 e. The van der Waals surface area contributed by atoms with Gasteiger partial charge in [-0.2, -0.15) is 15.1 Å². The van der Waals surface area contributed by atoms with Crippen LogP contribution in [0.15, 0.2) is 46.0 Å². The van der Waals surface area contributed by atoms with Gasteiger partial charge in [0, 0.05) is 11.4 Å². The van der Waals surface area contributed by atoms with E-state index in [-0.39, 0.29) is 11.4 Å². The summed E-state index contributed by atoms with van der Waals surface area (Å²) >= 11 is 7.86. The van der Waals surface area contributed by atoms with Gasteiger partial charge in [0.15, 0.2) is 5.84 Å². The Labute approximate surface area is 209 Å². The van der Waals surface area contributed by atoms with Crippen LogP contribution in [0.5, 0.6) is 0 Å². The fourth-order valence-electron chi connectivity index (χ4n) is 5.03. The molecule has 5 rings (SSSR count). The number of thioether (sulfide) groups is 1. The van der Waals surface area contributed by atoms with E-state index in [2.05, 4.69) is 14.7 Å². The molecule has 6 nitrogen and oxygen atoms in total. The molecule has 0 radical (unpaired) electrons. The molecule has 3 heterocycles. The topological polar surface area (TPSA) is 73.8 Å².